The maximum Gasteiger partial charge on any atom is 0.183 e. The molecule has 0 saturated heterocycles. The maximum absolute atomic E-state index is 5.48. The van der Waals surface area contributed by atoms with E-state index in [0.717, 1.165) is 49.7 Å². The smallest absolute Gasteiger partial charge is 0.183 e. The molecule has 0 bridgehead atoms. The molecule has 2 N–H and O–H groups in total. The summed E-state index contributed by atoms with van der Waals surface area (Å²) in [5.74, 6) is 1.45. The number of hydrogen-bond donors (Lipinski definition) is 1. The molecular formula is C14H25N3O2. The monoisotopic (exact) mass is 267 g/mol. The second-order valence-corrected chi connectivity index (χ2v) is 4.58. The van der Waals surface area contributed by atoms with Crippen molar-refractivity contribution in [2.24, 2.45) is 5.73 Å². The molecule has 0 aliphatic carbocycles. The molecule has 0 amide bonds. The van der Waals surface area contributed by atoms with E-state index < -0.39 is 0 Å². The van der Waals surface area contributed by atoms with Gasteiger partial charge in [-0.25, -0.2) is 0 Å². The lowest BCUT2D eigenvalue weighted by Gasteiger charge is -2.18. The summed E-state index contributed by atoms with van der Waals surface area (Å²) in [5.41, 5.74) is 6.39. The Labute approximate surface area is 115 Å². The fourth-order valence-electron chi connectivity index (χ4n) is 2.00. The summed E-state index contributed by atoms with van der Waals surface area (Å²) in [7, 11) is 5.37. The van der Waals surface area contributed by atoms with E-state index in [1.807, 2.05) is 6.07 Å². The van der Waals surface area contributed by atoms with Crippen molar-refractivity contribution in [1.82, 2.24) is 9.88 Å². The SMILES string of the molecule is COc1ccnc(CN(C)CCCCCN)c1OC. The number of nitrogens with two attached hydrogens (primary N) is 1. The van der Waals surface area contributed by atoms with Crippen LogP contribution in [0, 0.1) is 0 Å². The zero-order valence-electron chi connectivity index (χ0n) is 12.2. The number of nitrogens with zero attached hydrogens (tertiary/aromatic N) is 2. The molecule has 0 fully saturated rings. The molecule has 0 saturated carbocycles. The van der Waals surface area contributed by atoms with E-state index in [0.29, 0.717) is 0 Å². The molecular weight excluding hydrogens is 242 g/mol. The molecule has 0 radical (unpaired) electrons. The van der Waals surface area contributed by atoms with Crippen molar-refractivity contribution in [2.45, 2.75) is 25.8 Å². The van der Waals surface area contributed by atoms with Gasteiger partial charge in [0, 0.05) is 18.8 Å². The van der Waals surface area contributed by atoms with Gasteiger partial charge in [0.25, 0.3) is 0 Å². The Morgan fingerprint density at radius 2 is 2.00 bits per heavy atom. The van der Waals surface area contributed by atoms with Crippen LogP contribution in [0.3, 0.4) is 0 Å². The lowest BCUT2D eigenvalue weighted by molar-refractivity contribution is 0.298. The van der Waals surface area contributed by atoms with Crippen LogP contribution in [0.4, 0.5) is 0 Å². The number of rotatable bonds is 9. The lowest BCUT2D eigenvalue weighted by Crippen LogP contribution is -2.20. The highest BCUT2D eigenvalue weighted by atomic mass is 16.5. The lowest BCUT2D eigenvalue weighted by atomic mass is 10.2. The zero-order chi connectivity index (χ0) is 14.1. The van der Waals surface area contributed by atoms with Gasteiger partial charge in [-0.05, 0) is 33.0 Å². The number of methoxy groups -OCH3 is 2. The topological polar surface area (TPSA) is 60.6 Å². The molecule has 0 aliphatic heterocycles. The van der Waals surface area contributed by atoms with Crippen LogP contribution in [-0.2, 0) is 6.54 Å². The second-order valence-electron chi connectivity index (χ2n) is 4.58. The van der Waals surface area contributed by atoms with Gasteiger partial charge < -0.3 is 20.1 Å². The van der Waals surface area contributed by atoms with Gasteiger partial charge in [-0.3, -0.25) is 4.98 Å². The van der Waals surface area contributed by atoms with Gasteiger partial charge >= 0.3 is 0 Å². The van der Waals surface area contributed by atoms with E-state index in [-0.39, 0.29) is 0 Å². The van der Waals surface area contributed by atoms with Crippen molar-refractivity contribution in [2.75, 3.05) is 34.4 Å². The third-order valence-corrected chi connectivity index (χ3v) is 3.03. The molecule has 0 aliphatic rings. The highest BCUT2D eigenvalue weighted by Crippen LogP contribution is 2.29. The third-order valence-electron chi connectivity index (χ3n) is 3.03. The number of aromatic nitrogens is 1. The van der Waals surface area contributed by atoms with E-state index in [2.05, 4.69) is 16.9 Å². The molecule has 1 rings (SSSR count). The van der Waals surface area contributed by atoms with Crippen LogP contribution in [0.5, 0.6) is 11.5 Å². The predicted molar refractivity (Wildman–Crippen MR) is 76.6 cm³/mol. The van der Waals surface area contributed by atoms with E-state index in [1.165, 1.54) is 6.42 Å². The molecule has 5 heteroatoms. The van der Waals surface area contributed by atoms with Crippen molar-refractivity contribution < 1.29 is 9.47 Å². The molecule has 0 aromatic carbocycles. The largest absolute Gasteiger partial charge is 0.493 e. The van der Waals surface area contributed by atoms with E-state index in [9.17, 15) is 0 Å². The molecule has 1 aromatic heterocycles. The van der Waals surface area contributed by atoms with Gasteiger partial charge in [-0.2, -0.15) is 0 Å². The molecule has 1 aromatic rings. The average Bonchev–Trinajstić information content (AvgIpc) is 2.43. The van der Waals surface area contributed by atoms with Crippen LogP contribution >= 0.6 is 0 Å². The van der Waals surface area contributed by atoms with E-state index >= 15 is 0 Å². The number of unbranched alkanes of at least 4 members (excludes halogenated alkanes) is 2. The Hall–Kier alpha value is -1.33. The standard InChI is InChI=1S/C14H25N3O2/c1-17(10-6-4-5-8-15)11-12-14(19-3)13(18-2)7-9-16-12/h7,9H,4-6,8,10-11,15H2,1-3H3. The molecule has 0 atom stereocenters. The normalized spacial score (nSPS) is 10.8. The van der Waals surface area contributed by atoms with Crippen LogP contribution in [0.15, 0.2) is 12.3 Å². The summed E-state index contributed by atoms with van der Waals surface area (Å²) in [6.07, 6.45) is 5.16. The first kappa shape index (κ1) is 15.7. The Balaban J connectivity index is 2.56. The number of hydrogen-bond acceptors (Lipinski definition) is 5. The fourth-order valence-corrected chi connectivity index (χ4v) is 2.00. The first-order valence-electron chi connectivity index (χ1n) is 6.67. The van der Waals surface area contributed by atoms with Crippen molar-refractivity contribution >= 4 is 0 Å². The second kappa shape index (κ2) is 8.72. The summed E-state index contributed by atoms with van der Waals surface area (Å²) in [6, 6.07) is 1.81. The average molecular weight is 267 g/mol. The minimum Gasteiger partial charge on any atom is -0.493 e. The Kier molecular flexibility index (Phi) is 7.22. The van der Waals surface area contributed by atoms with Gasteiger partial charge in [0.2, 0.25) is 0 Å². The van der Waals surface area contributed by atoms with Crippen molar-refractivity contribution in [3.63, 3.8) is 0 Å². The summed E-state index contributed by atoms with van der Waals surface area (Å²) >= 11 is 0. The van der Waals surface area contributed by atoms with Crippen LogP contribution in [0.25, 0.3) is 0 Å². The molecule has 108 valence electrons. The zero-order valence-corrected chi connectivity index (χ0v) is 12.2. The molecule has 0 spiro atoms. The van der Waals surface area contributed by atoms with Crippen LogP contribution in [0.1, 0.15) is 25.0 Å². The first-order valence-corrected chi connectivity index (χ1v) is 6.67. The van der Waals surface area contributed by atoms with Gasteiger partial charge in [-0.15, -0.1) is 0 Å². The van der Waals surface area contributed by atoms with Gasteiger partial charge in [0.1, 0.15) is 5.69 Å². The summed E-state index contributed by atoms with van der Waals surface area (Å²) in [6.45, 7) is 2.56. The van der Waals surface area contributed by atoms with E-state index in [1.54, 1.807) is 20.4 Å². The molecule has 19 heavy (non-hydrogen) atoms. The minimum atomic E-state index is 0.721. The van der Waals surface area contributed by atoms with Crippen molar-refractivity contribution in [1.29, 1.82) is 0 Å². The summed E-state index contributed by atoms with van der Waals surface area (Å²) in [5, 5.41) is 0. The van der Waals surface area contributed by atoms with Gasteiger partial charge in [-0.1, -0.05) is 6.42 Å². The first-order chi connectivity index (χ1) is 9.22. The number of pyridine rings is 1. The Morgan fingerprint density at radius 3 is 2.63 bits per heavy atom. The van der Waals surface area contributed by atoms with Gasteiger partial charge in [0.15, 0.2) is 11.5 Å². The quantitative estimate of drug-likeness (QED) is 0.689. The van der Waals surface area contributed by atoms with Gasteiger partial charge in [0.05, 0.1) is 14.2 Å². The highest BCUT2D eigenvalue weighted by molar-refractivity contribution is 5.42. The third kappa shape index (κ3) is 5.04. The summed E-state index contributed by atoms with van der Waals surface area (Å²) < 4.78 is 10.7. The predicted octanol–water partition coefficient (Wildman–Crippen LogP) is 1.66. The number of ether oxygens (including phenoxy) is 2. The molecule has 1 heterocycles. The minimum absolute atomic E-state index is 0.721. The van der Waals surface area contributed by atoms with Crippen molar-refractivity contribution in [3.8, 4) is 11.5 Å². The molecule has 5 nitrogen and oxygen atoms in total. The van der Waals surface area contributed by atoms with Crippen LogP contribution in [-0.4, -0.2) is 44.2 Å². The maximum atomic E-state index is 5.48. The Bertz CT molecular complexity index is 372. The fraction of sp³-hybridized carbons (Fsp3) is 0.643. The van der Waals surface area contributed by atoms with Crippen LogP contribution in [0.2, 0.25) is 0 Å². The van der Waals surface area contributed by atoms with E-state index in [4.69, 9.17) is 15.2 Å². The van der Waals surface area contributed by atoms with Crippen molar-refractivity contribution in [3.05, 3.63) is 18.0 Å². The Morgan fingerprint density at radius 1 is 1.21 bits per heavy atom. The molecule has 0 unspecified atom stereocenters. The highest BCUT2D eigenvalue weighted by Gasteiger charge is 2.12. The summed E-state index contributed by atoms with van der Waals surface area (Å²) in [4.78, 5) is 6.61. The van der Waals surface area contributed by atoms with Crippen LogP contribution < -0.4 is 15.2 Å².